The molecule has 0 unspecified atom stereocenters. The molecular weight excluding hydrogens is 350 g/mol. The van der Waals surface area contributed by atoms with Gasteiger partial charge in [0.05, 0.1) is 0 Å². The Labute approximate surface area is 150 Å². The lowest BCUT2D eigenvalue weighted by molar-refractivity contribution is 0.915. The first kappa shape index (κ1) is 17.8. The van der Waals surface area contributed by atoms with E-state index in [1.165, 1.54) is 4.90 Å². The highest BCUT2D eigenvalue weighted by molar-refractivity contribution is 7.99. The van der Waals surface area contributed by atoms with E-state index in [0.29, 0.717) is 11.1 Å². The van der Waals surface area contributed by atoms with E-state index >= 15 is 0 Å². The standard InChI is InChI=1S/C15H18ClN5S2/c1-10-9-11(2)19-14(18-10)20-21-15(22)17-7-8-23-13-5-3-12(16)4-6-13/h3-6,9H,7-8H2,1-2H3,(H2,17,21,22)(H,18,19,20). The second kappa shape index (κ2) is 8.90. The maximum Gasteiger partial charge on any atom is 0.242 e. The van der Waals surface area contributed by atoms with Crippen molar-refractivity contribution < 1.29 is 0 Å². The van der Waals surface area contributed by atoms with Crippen molar-refractivity contribution in [2.75, 3.05) is 17.7 Å². The third-order valence-corrected chi connectivity index (χ3v) is 4.25. The lowest BCUT2D eigenvalue weighted by Gasteiger charge is -2.12. The highest BCUT2D eigenvalue weighted by Gasteiger charge is 2.00. The molecule has 0 bridgehead atoms. The zero-order chi connectivity index (χ0) is 16.7. The van der Waals surface area contributed by atoms with Gasteiger partial charge in [-0.3, -0.25) is 10.9 Å². The van der Waals surface area contributed by atoms with Crippen LogP contribution in [0.1, 0.15) is 11.4 Å². The first-order valence-corrected chi connectivity index (χ1v) is 8.80. The molecular formula is C15H18ClN5S2. The first-order valence-electron chi connectivity index (χ1n) is 7.03. The third kappa shape index (κ3) is 6.60. The molecule has 8 heteroatoms. The number of rotatable bonds is 6. The number of halogens is 1. The number of hydrogen-bond donors (Lipinski definition) is 3. The molecule has 0 spiro atoms. The summed E-state index contributed by atoms with van der Waals surface area (Å²) in [4.78, 5) is 9.70. The Balaban J connectivity index is 1.66. The summed E-state index contributed by atoms with van der Waals surface area (Å²) < 4.78 is 0. The molecule has 1 heterocycles. The van der Waals surface area contributed by atoms with Crippen molar-refractivity contribution in [2.45, 2.75) is 18.7 Å². The third-order valence-electron chi connectivity index (χ3n) is 2.74. The predicted molar refractivity (Wildman–Crippen MR) is 101 cm³/mol. The molecule has 1 aromatic heterocycles. The number of thiocarbonyl (C=S) groups is 1. The summed E-state index contributed by atoms with van der Waals surface area (Å²) in [7, 11) is 0. The number of aryl methyl sites for hydroxylation is 2. The molecule has 0 saturated carbocycles. The second-order valence-corrected chi connectivity index (χ2v) is 6.80. The van der Waals surface area contributed by atoms with Crippen LogP contribution in [0.4, 0.5) is 5.95 Å². The molecule has 5 nitrogen and oxygen atoms in total. The molecule has 3 N–H and O–H groups in total. The Hall–Kier alpha value is -1.57. The van der Waals surface area contributed by atoms with E-state index in [-0.39, 0.29) is 0 Å². The van der Waals surface area contributed by atoms with Crippen LogP contribution in [-0.4, -0.2) is 27.4 Å². The summed E-state index contributed by atoms with van der Waals surface area (Å²) in [6.07, 6.45) is 0. The van der Waals surface area contributed by atoms with Crippen LogP contribution < -0.4 is 16.2 Å². The molecule has 0 radical (unpaired) electrons. The number of benzene rings is 1. The Morgan fingerprint density at radius 1 is 1.17 bits per heavy atom. The van der Waals surface area contributed by atoms with Gasteiger partial charge in [0.2, 0.25) is 5.95 Å². The maximum atomic E-state index is 5.86. The Bertz CT molecular complexity index is 643. The van der Waals surface area contributed by atoms with Gasteiger partial charge in [-0.1, -0.05) is 11.6 Å². The fourth-order valence-electron chi connectivity index (χ4n) is 1.80. The first-order chi connectivity index (χ1) is 11.0. The summed E-state index contributed by atoms with van der Waals surface area (Å²) >= 11 is 12.8. The smallest absolute Gasteiger partial charge is 0.242 e. The van der Waals surface area contributed by atoms with Gasteiger partial charge in [0.1, 0.15) is 0 Å². The van der Waals surface area contributed by atoms with E-state index in [1.807, 2.05) is 44.2 Å². The number of hydrogen-bond acceptors (Lipinski definition) is 5. The van der Waals surface area contributed by atoms with Crippen LogP contribution in [-0.2, 0) is 0 Å². The number of anilines is 1. The zero-order valence-electron chi connectivity index (χ0n) is 12.9. The van der Waals surface area contributed by atoms with Crippen molar-refractivity contribution >= 4 is 46.6 Å². The summed E-state index contributed by atoms with van der Waals surface area (Å²) in [5.41, 5.74) is 7.58. The molecule has 0 atom stereocenters. The molecule has 2 aromatic rings. The Morgan fingerprint density at radius 3 is 2.48 bits per heavy atom. The van der Waals surface area contributed by atoms with Crippen molar-refractivity contribution in [3.05, 3.63) is 46.7 Å². The summed E-state index contributed by atoms with van der Waals surface area (Å²) in [5, 5.41) is 4.37. The molecule has 122 valence electrons. The van der Waals surface area contributed by atoms with Crippen LogP contribution in [0.2, 0.25) is 5.02 Å². The van der Waals surface area contributed by atoms with Crippen LogP contribution in [0.3, 0.4) is 0 Å². The summed E-state index contributed by atoms with van der Waals surface area (Å²) in [6, 6.07) is 9.69. The van der Waals surface area contributed by atoms with Gasteiger partial charge in [-0.25, -0.2) is 9.97 Å². The number of nitrogens with one attached hydrogen (secondary N) is 3. The van der Waals surface area contributed by atoms with Gasteiger partial charge in [0.25, 0.3) is 0 Å². The fraction of sp³-hybridized carbons (Fsp3) is 0.267. The minimum atomic E-state index is 0.502. The quantitative estimate of drug-likeness (QED) is 0.313. The van der Waals surface area contributed by atoms with Crippen molar-refractivity contribution in [1.82, 2.24) is 20.7 Å². The topological polar surface area (TPSA) is 61.9 Å². The van der Waals surface area contributed by atoms with Crippen molar-refractivity contribution in [2.24, 2.45) is 0 Å². The van der Waals surface area contributed by atoms with Crippen molar-refractivity contribution in [3.8, 4) is 0 Å². The van der Waals surface area contributed by atoms with Crippen LogP contribution in [0, 0.1) is 13.8 Å². The molecule has 0 aliphatic heterocycles. The van der Waals surface area contributed by atoms with Gasteiger partial charge in [-0.15, -0.1) is 11.8 Å². The lowest BCUT2D eigenvalue weighted by atomic mass is 10.4. The van der Waals surface area contributed by atoms with Gasteiger partial charge in [0.15, 0.2) is 5.11 Å². The van der Waals surface area contributed by atoms with Crippen LogP contribution in [0.5, 0.6) is 0 Å². The van der Waals surface area contributed by atoms with Gasteiger partial charge < -0.3 is 5.32 Å². The maximum absolute atomic E-state index is 5.86. The van der Waals surface area contributed by atoms with Gasteiger partial charge in [-0.2, -0.15) is 0 Å². The van der Waals surface area contributed by atoms with Gasteiger partial charge in [-0.05, 0) is 56.4 Å². The average molecular weight is 368 g/mol. The van der Waals surface area contributed by atoms with Crippen molar-refractivity contribution in [1.29, 1.82) is 0 Å². The number of aromatic nitrogens is 2. The zero-order valence-corrected chi connectivity index (χ0v) is 15.3. The van der Waals surface area contributed by atoms with Gasteiger partial charge >= 0.3 is 0 Å². The van der Waals surface area contributed by atoms with E-state index < -0.39 is 0 Å². The van der Waals surface area contributed by atoms with Crippen LogP contribution in [0.15, 0.2) is 35.2 Å². The van der Waals surface area contributed by atoms with E-state index in [2.05, 4.69) is 26.1 Å². The number of thioether (sulfide) groups is 1. The molecule has 2 rings (SSSR count). The molecule has 0 aliphatic rings. The van der Waals surface area contributed by atoms with E-state index in [4.69, 9.17) is 23.8 Å². The van der Waals surface area contributed by atoms with E-state index in [0.717, 1.165) is 28.7 Å². The largest absolute Gasteiger partial charge is 0.361 e. The minimum Gasteiger partial charge on any atom is -0.361 e. The number of nitrogens with zero attached hydrogens (tertiary/aromatic N) is 2. The van der Waals surface area contributed by atoms with Crippen molar-refractivity contribution in [3.63, 3.8) is 0 Å². The van der Waals surface area contributed by atoms with Crippen LogP contribution >= 0.6 is 35.6 Å². The van der Waals surface area contributed by atoms with E-state index in [9.17, 15) is 0 Å². The SMILES string of the molecule is Cc1cc(C)nc(NNC(=S)NCCSc2ccc(Cl)cc2)n1. The highest BCUT2D eigenvalue weighted by Crippen LogP contribution is 2.19. The molecule has 0 saturated heterocycles. The van der Waals surface area contributed by atoms with Gasteiger partial charge in [0, 0.05) is 33.6 Å². The van der Waals surface area contributed by atoms with E-state index in [1.54, 1.807) is 11.8 Å². The second-order valence-electron chi connectivity index (χ2n) is 4.78. The molecule has 0 amide bonds. The Kier molecular flexibility index (Phi) is 6.88. The van der Waals surface area contributed by atoms with Crippen LogP contribution in [0.25, 0.3) is 0 Å². The lowest BCUT2D eigenvalue weighted by Crippen LogP contribution is -2.40. The summed E-state index contributed by atoms with van der Waals surface area (Å²) in [5.74, 6) is 1.39. The Morgan fingerprint density at radius 2 is 1.83 bits per heavy atom. The normalized spacial score (nSPS) is 10.2. The molecule has 23 heavy (non-hydrogen) atoms. The average Bonchev–Trinajstić information content (AvgIpc) is 2.50. The number of hydrazine groups is 1. The summed E-state index contributed by atoms with van der Waals surface area (Å²) in [6.45, 7) is 4.59. The highest BCUT2D eigenvalue weighted by atomic mass is 35.5. The fourth-order valence-corrected chi connectivity index (χ4v) is 2.85. The molecule has 0 fully saturated rings. The molecule has 1 aromatic carbocycles. The molecule has 0 aliphatic carbocycles. The minimum absolute atomic E-state index is 0.502. The predicted octanol–water partition coefficient (Wildman–Crippen LogP) is 3.33. The monoisotopic (exact) mass is 367 g/mol.